The van der Waals surface area contributed by atoms with Crippen LogP contribution in [-0.4, -0.2) is 33.4 Å². The first kappa shape index (κ1) is 20.8. The number of piperidine rings is 1. The molecule has 3 heterocycles. The van der Waals surface area contributed by atoms with Crippen LogP contribution in [0.15, 0.2) is 48.1 Å². The predicted octanol–water partition coefficient (Wildman–Crippen LogP) is 5.01. The van der Waals surface area contributed by atoms with Crippen LogP contribution >= 0.6 is 11.3 Å². The molecule has 4 rings (SSSR count). The number of rotatable bonds is 7. The van der Waals surface area contributed by atoms with Gasteiger partial charge in [0.2, 0.25) is 5.91 Å². The number of nitrogens with zero attached hydrogens (tertiary/aromatic N) is 3. The van der Waals surface area contributed by atoms with Crippen molar-refractivity contribution in [3.05, 3.63) is 65.2 Å². The number of halogens is 1. The molecule has 0 bridgehead atoms. The van der Waals surface area contributed by atoms with E-state index in [2.05, 4.69) is 38.1 Å². The Morgan fingerprint density at radius 1 is 1.37 bits per heavy atom. The quantitative estimate of drug-likeness (QED) is 0.578. The molecule has 158 valence electrons. The molecule has 1 amide bonds. The number of carbonyl (C=O) groups is 1. The van der Waals surface area contributed by atoms with Crippen molar-refractivity contribution in [3.8, 4) is 5.13 Å². The molecular weight excluding hydrogens is 399 g/mol. The Balaban J connectivity index is 1.28. The lowest BCUT2D eigenvalue weighted by atomic mass is 9.93. The van der Waals surface area contributed by atoms with E-state index in [4.69, 9.17) is 0 Å². The number of thiazole rings is 1. The highest BCUT2D eigenvalue weighted by Crippen LogP contribution is 2.24. The fourth-order valence-corrected chi connectivity index (χ4v) is 4.80. The molecule has 1 atom stereocenters. The van der Waals surface area contributed by atoms with Crippen LogP contribution in [0.5, 0.6) is 0 Å². The van der Waals surface area contributed by atoms with E-state index in [1.807, 2.05) is 11.6 Å². The molecule has 1 saturated heterocycles. The Labute approximate surface area is 180 Å². The van der Waals surface area contributed by atoms with Crippen LogP contribution in [0.3, 0.4) is 0 Å². The van der Waals surface area contributed by atoms with Crippen LogP contribution in [0, 0.1) is 18.7 Å². The lowest BCUT2D eigenvalue weighted by Gasteiger charge is -2.32. The van der Waals surface area contributed by atoms with Crippen molar-refractivity contribution in [3.63, 3.8) is 0 Å². The van der Waals surface area contributed by atoms with Gasteiger partial charge < -0.3 is 5.32 Å². The lowest BCUT2D eigenvalue weighted by molar-refractivity contribution is -0.116. The Kier molecular flexibility index (Phi) is 6.59. The van der Waals surface area contributed by atoms with Gasteiger partial charge in [-0.3, -0.25) is 14.3 Å². The van der Waals surface area contributed by atoms with Gasteiger partial charge in [0.1, 0.15) is 5.82 Å². The maximum absolute atomic E-state index is 13.2. The molecule has 0 spiro atoms. The number of aromatic nitrogens is 2. The van der Waals surface area contributed by atoms with E-state index in [1.165, 1.54) is 17.8 Å². The monoisotopic (exact) mass is 426 g/mol. The van der Waals surface area contributed by atoms with E-state index < -0.39 is 0 Å². The minimum absolute atomic E-state index is 0.000484. The highest BCUT2D eigenvalue weighted by atomic mass is 32.1. The van der Waals surface area contributed by atoms with Gasteiger partial charge in [-0.15, -0.1) is 11.3 Å². The molecule has 0 unspecified atom stereocenters. The van der Waals surface area contributed by atoms with Gasteiger partial charge >= 0.3 is 0 Å². The van der Waals surface area contributed by atoms with Crippen molar-refractivity contribution in [2.24, 2.45) is 5.92 Å². The Morgan fingerprint density at radius 3 is 3.07 bits per heavy atom. The number of amides is 1. The van der Waals surface area contributed by atoms with Crippen molar-refractivity contribution < 1.29 is 9.18 Å². The third kappa shape index (κ3) is 5.15. The van der Waals surface area contributed by atoms with Gasteiger partial charge in [-0.05, 0) is 74.5 Å². The number of anilines is 1. The molecule has 30 heavy (non-hydrogen) atoms. The Hall–Kier alpha value is -2.51. The van der Waals surface area contributed by atoms with E-state index in [-0.39, 0.29) is 11.7 Å². The molecule has 1 aliphatic heterocycles. The zero-order valence-electron chi connectivity index (χ0n) is 17.2. The molecule has 1 aromatic carbocycles. The van der Waals surface area contributed by atoms with E-state index in [0.717, 1.165) is 49.6 Å². The maximum Gasteiger partial charge on any atom is 0.224 e. The first-order chi connectivity index (χ1) is 14.6. The molecule has 1 fully saturated rings. The summed E-state index contributed by atoms with van der Waals surface area (Å²) in [5.41, 5.74) is 2.68. The average Bonchev–Trinajstić information content (AvgIpc) is 3.41. The minimum atomic E-state index is -0.284. The fourth-order valence-electron chi connectivity index (χ4n) is 4.14. The molecule has 5 nitrogen and oxygen atoms in total. The largest absolute Gasteiger partial charge is 0.326 e. The zero-order valence-corrected chi connectivity index (χ0v) is 18.0. The van der Waals surface area contributed by atoms with Gasteiger partial charge in [0.05, 0.1) is 0 Å². The second kappa shape index (κ2) is 9.53. The van der Waals surface area contributed by atoms with E-state index >= 15 is 0 Å². The van der Waals surface area contributed by atoms with Crippen LogP contribution in [0.1, 0.15) is 36.9 Å². The number of hydrogen-bond acceptors (Lipinski definition) is 4. The number of carbonyl (C=O) groups excluding carboxylic acids is 1. The normalized spacial score (nSPS) is 17.2. The summed E-state index contributed by atoms with van der Waals surface area (Å²) in [7, 11) is 0. The van der Waals surface area contributed by atoms with Gasteiger partial charge in [0.25, 0.3) is 0 Å². The Morgan fingerprint density at radius 2 is 2.27 bits per heavy atom. The molecule has 7 heteroatoms. The SMILES string of the molecule is Cc1cc(F)ccc1NC(=O)CC[C@@H]1CCCN(Cc2cccn2-c2nccs2)C1. The third-order valence-electron chi connectivity index (χ3n) is 5.69. The Bertz CT molecular complexity index is 985. The van der Waals surface area contributed by atoms with Gasteiger partial charge in [-0.2, -0.15) is 0 Å². The molecule has 0 aliphatic carbocycles. The van der Waals surface area contributed by atoms with Gasteiger partial charge in [0.15, 0.2) is 5.13 Å². The molecular formula is C23H27FN4OS. The van der Waals surface area contributed by atoms with E-state index in [1.54, 1.807) is 24.3 Å². The van der Waals surface area contributed by atoms with Crippen molar-refractivity contribution in [2.75, 3.05) is 18.4 Å². The summed E-state index contributed by atoms with van der Waals surface area (Å²) >= 11 is 1.64. The van der Waals surface area contributed by atoms with Crippen molar-refractivity contribution in [1.82, 2.24) is 14.5 Å². The second-order valence-electron chi connectivity index (χ2n) is 7.97. The number of likely N-dealkylation sites (tertiary alicyclic amines) is 1. The van der Waals surface area contributed by atoms with Crippen molar-refractivity contribution in [1.29, 1.82) is 0 Å². The summed E-state index contributed by atoms with van der Waals surface area (Å²) in [5, 5.41) is 5.91. The van der Waals surface area contributed by atoms with E-state index in [0.29, 0.717) is 18.0 Å². The van der Waals surface area contributed by atoms with Crippen molar-refractivity contribution >= 4 is 22.9 Å². The summed E-state index contributed by atoms with van der Waals surface area (Å²) in [4.78, 5) is 19.3. The van der Waals surface area contributed by atoms with Crippen LogP contribution in [-0.2, 0) is 11.3 Å². The fraction of sp³-hybridized carbons (Fsp3) is 0.391. The van der Waals surface area contributed by atoms with Crippen LogP contribution in [0.2, 0.25) is 0 Å². The molecule has 2 aromatic heterocycles. The number of nitrogens with one attached hydrogen (secondary N) is 1. The average molecular weight is 427 g/mol. The topological polar surface area (TPSA) is 50.2 Å². The number of hydrogen-bond donors (Lipinski definition) is 1. The highest BCUT2D eigenvalue weighted by molar-refractivity contribution is 7.12. The standard InChI is InChI=1S/C23H27FN4OS/c1-17-14-19(24)7-8-21(17)26-22(29)9-6-18-4-2-11-27(15-18)16-20-5-3-12-28(20)23-25-10-13-30-23/h3,5,7-8,10,12-14,18H,2,4,6,9,11,15-16H2,1H3,(H,26,29)/t18-/m0/s1. The number of aryl methyl sites for hydroxylation is 1. The van der Waals surface area contributed by atoms with Gasteiger partial charge in [-0.25, -0.2) is 9.37 Å². The summed E-state index contributed by atoms with van der Waals surface area (Å²) < 4.78 is 15.4. The van der Waals surface area contributed by atoms with Crippen LogP contribution in [0.4, 0.5) is 10.1 Å². The highest BCUT2D eigenvalue weighted by Gasteiger charge is 2.22. The summed E-state index contributed by atoms with van der Waals surface area (Å²) in [6, 6.07) is 8.67. The second-order valence-corrected chi connectivity index (χ2v) is 8.85. The molecule has 1 N–H and O–H groups in total. The predicted molar refractivity (Wildman–Crippen MR) is 118 cm³/mol. The van der Waals surface area contributed by atoms with Crippen molar-refractivity contribution in [2.45, 2.75) is 39.2 Å². The summed E-state index contributed by atoms with van der Waals surface area (Å²) in [6.45, 7) is 4.79. The molecule has 1 aliphatic rings. The summed E-state index contributed by atoms with van der Waals surface area (Å²) in [5.74, 6) is 0.232. The van der Waals surface area contributed by atoms with Gasteiger partial charge in [-0.1, -0.05) is 0 Å². The minimum Gasteiger partial charge on any atom is -0.326 e. The molecule has 0 radical (unpaired) electrons. The zero-order chi connectivity index (χ0) is 20.9. The lowest BCUT2D eigenvalue weighted by Crippen LogP contribution is -2.35. The van der Waals surface area contributed by atoms with Crippen LogP contribution < -0.4 is 5.32 Å². The first-order valence-electron chi connectivity index (χ1n) is 10.4. The smallest absolute Gasteiger partial charge is 0.224 e. The van der Waals surface area contributed by atoms with E-state index in [9.17, 15) is 9.18 Å². The molecule has 3 aromatic rings. The third-order valence-corrected chi connectivity index (χ3v) is 6.46. The first-order valence-corrected chi connectivity index (χ1v) is 11.3. The molecule has 0 saturated carbocycles. The van der Waals surface area contributed by atoms with Crippen LogP contribution in [0.25, 0.3) is 5.13 Å². The van der Waals surface area contributed by atoms with Gasteiger partial charge in [0, 0.05) is 48.7 Å². The summed E-state index contributed by atoms with van der Waals surface area (Å²) in [6.07, 6.45) is 7.58. The maximum atomic E-state index is 13.2. The number of benzene rings is 1.